The van der Waals surface area contributed by atoms with Gasteiger partial charge in [0, 0.05) is 6.07 Å². The molecule has 22 heavy (non-hydrogen) atoms. The predicted molar refractivity (Wildman–Crippen MR) is 84.8 cm³/mol. The van der Waals surface area contributed by atoms with Gasteiger partial charge in [-0.1, -0.05) is 29.8 Å². The van der Waals surface area contributed by atoms with E-state index in [1.165, 1.54) is 18.2 Å². The quantitative estimate of drug-likeness (QED) is 0.679. The second-order valence-electron chi connectivity index (χ2n) is 4.77. The zero-order valence-corrected chi connectivity index (χ0v) is 13.4. The Hall–Kier alpha value is -2.12. The fourth-order valence-corrected chi connectivity index (χ4v) is 3.82. The molecule has 0 bridgehead atoms. The van der Waals surface area contributed by atoms with Crippen molar-refractivity contribution in [1.29, 1.82) is 0 Å². The number of nitro benzene ring substituents is 1. The lowest BCUT2D eigenvalue weighted by Gasteiger charge is -2.13. The van der Waals surface area contributed by atoms with E-state index in [0.717, 1.165) is 11.6 Å². The van der Waals surface area contributed by atoms with Crippen molar-refractivity contribution in [2.75, 3.05) is 4.72 Å². The van der Waals surface area contributed by atoms with Crippen molar-refractivity contribution in [3.05, 3.63) is 62.7 Å². The second kappa shape index (κ2) is 5.94. The van der Waals surface area contributed by atoms with Crippen molar-refractivity contribution < 1.29 is 13.3 Å². The van der Waals surface area contributed by atoms with Gasteiger partial charge >= 0.3 is 0 Å². The number of halogens is 1. The minimum absolute atomic E-state index is 0.213. The maximum atomic E-state index is 12.4. The van der Waals surface area contributed by atoms with Gasteiger partial charge in [-0.2, -0.15) is 0 Å². The number of para-hydroxylation sites is 1. The lowest BCUT2D eigenvalue weighted by atomic mass is 10.1. The van der Waals surface area contributed by atoms with Crippen molar-refractivity contribution in [3.63, 3.8) is 0 Å². The van der Waals surface area contributed by atoms with Gasteiger partial charge in [0.1, 0.15) is 0 Å². The first kappa shape index (κ1) is 16.3. The fraction of sp³-hybridized carbons (Fsp3) is 0.143. The zero-order valence-electron chi connectivity index (χ0n) is 11.8. The summed E-state index contributed by atoms with van der Waals surface area (Å²) in [4.78, 5) is 9.84. The SMILES string of the molecule is Cc1cc(C)c(NS(=O)(=O)c2ccccc2[N+](=O)[O-])c(Cl)c1. The summed E-state index contributed by atoms with van der Waals surface area (Å²) in [7, 11) is -4.12. The van der Waals surface area contributed by atoms with Gasteiger partial charge < -0.3 is 0 Å². The molecular weight excluding hydrogens is 328 g/mol. The molecule has 2 rings (SSSR count). The molecule has 1 N–H and O–H groups in total. The highest BCUT2D eigenvalue weighted by Crippen LogP contribution is 2.31. The van der Waals surface area contributed by atoms with E-state index in [9.17, 15) is 18.5 Å². The lowest BCUT2D eigenvalue weighted by molar-refractivity contribution is -0.387. The van der Waals surface area contributed by atoms with Crippen LogP contribution in [0.5, 0.6) is 0 Å². The number of benzene rings is 2. The molecule has 0 aliphatic heterocycles. The Morgan fingerprint density at radius 2 is 1.82 bits per heavy atom. The molecule has 0 saturated carbocycles. The van der Waals surface area contributed by atoms with E-state index in [1.807, 2.05) is 6.92 Å². The summed E-state index contributed by atoms with van der Waals surface area (Å²) in [6.45, 7) is 3.54. The summed E-state index contributed by atoms with van der Waals surface area (Å²) in [5.41, 5.74) is 1.24. The largest absolute Gasteiger partial charge is 0.289 e. The minimum Gasteiger partial charge on any atom is -0.278 e. The minimum atomic E-state index is -4.12. The summed E-state index contributed by atoms with van der Waals surface area (Å²) >= 11 is 6.07. The molecule has 0 spiro atoms. The Bertz CT molecular complexity index is 827. The molecule has 0 amide bonds. The van der Waals surface area contributed by atoms with E-state index in [1.54, 1.807) is 19.1 Å². The molecule has 0 aliphatic rings. The average Bonchev–Trinajstić information content (AvgIpc) is 2.43. The van der Waals surface area contributed by atoms with E-state index in [2.05, 4.69) is 4.72 Å². The number of nitro groups is 1. The van der Waals surface area contributed by atoms with Crippen molar-refractivity contribution in [1.82, 2.24) is 0 Å². The van der Waals surface area contributed by atoms with Crippen LogP contribution in [0.1, 0.15) is 11.1 Å². The van der Waals surface area contributed by atoms with Crippen LogP contribution >= 0.6 is 11.6 Å². The molecule has 0 saturated heterocycles. The molecule has 116 valence electrons. The van der Waals surface area contributed by atoms with Gasteiger partial charge in [-0.05, 0) is 37.1 Å². The summed E-state index contributed by atoms with van der Waals surface area (Å²) in [6, 6.07) is 8.53. The summed E-state index contributed by atoms with van der Waals surface area (Å²) in [5, 5.41) is 11.2. The predicted octanol–water partition coefficient (Wildman–Crippen LogP) is 3.67. The Balaban J connectivity index is 2.52. The molecule has 0 fully saturated rings. The van der Waals surface area contributed by atoms with E-state index in [-0.39, 0.29) is 10.7 Å². The van der Waals surface area contributed by atoms with Crippen LogP contribution in [0, 0.1) is 24.0 Å². The smallest absolute Gasteiger partial charge is 0.278 e. The fourth-order valence-electron chi connectivity index (χ4n) is 2.07. The van der Waals surface area contributed by atoms with Crippen molar-refractivity contribution in [2.45, 2.75) is 18.7 Å². The number of nitrogens with one attached hydrogen (secondary N) is 1. The average molecular weight is 341 g/mol. The van der Waals surface area contributed by atoms with Crippen LogP contribution in [0.15, 0.2) is 41.3 Å². The van der Waals surface area contributed by atoms with Crippen LogP contribution in [0.25, 0.3) is 0 Å². The Morgan fingerprint density at radius 3 is 2.41 bits per heavy atom. The molecule has 0 aliphatic carbocycles. The molecule has 0 radical (unpaired) electrons. The van der Waals surface area contributed by atoms with Crippen LogP contribution < -0.4 is 4.72 Å². The number of hydrogen-bond donors (Lipinski definition) is 1. The van der Waals surface area contributed by atoms with E-state index >= 15 is 0 Å². The Kier molecular flexibility index (Phi) is 4.39. The van der Waals surface area contributed by atoms with Gasteiger partial charge in [0.25, 0.3) is 15.7 Å². The van der Waals surface area contributed by atoms with Crippen LogP contribution in [-0.4, -0.2) is 13.3 Å². The summed E-state index contributed by atoms with van der Waals surface area (Å²) in [5.74, 6) is 0. The van der Waals surface area contributed by atoms with Crippen LogP contribution in [0.4, 0.5) is 11.4 Å². The van der Waals surface area contributed by atoms with Crippen molar-refractivity contribution in [2.24, 2.45) is 0 Å². The van der Waals surface area contributed by atoms with Crippen molar-refractivity contribution in [3.8, 4) is 0 Å². The van der Waals surface area contributed by atoms with Gasteiger partial charge in [0.2, 0.25) is 0 Å². The van der Waals surface area contributed by atoms with Crippen molar-refractivity contribution >= 4 is 33.0 Å². The first-order chi connectivity index (χ1) is 10.2. The molecule has 0 heterocycles. The van der Waals surface area contributed by atoms with Crippen LogP contribution in [0.2, 0.25) is 5.02 Å². The highest BCUT2D eigenvalue weighted by molar-refractivity contribution is 7.92. The number of anilines is 1. The van der Waals surface area contributed by atoms with Gasteiger partial charge in [-0.25, -0.2) is 8.42 Å². The third kappa shape index (κ3) is 3.20. The number of nitrogens with zero attached hydrogens (tertiary/aromatic N) is 1. The van der Waals surface area contributed by atoms with Gasteiger partial charge in [-0.15, -0.1) is 0 Å². The number of sulfonamides is 1. The first-order valence-electron chi connectivity index (χ1n) is 6.25. The number of aryl methyl sites for hydroxylation is 2. The highest BCUT2D eigenvalue weighted by Gasteiger charge is 2.26. The lowest BCUT2D eigenvalue weighted by Crippen LogP contribution is -2.15. The molecule has 0 atom stereocenters. The van der Waals surface area contributed by atoms with Crippen LogP contribution in [-0.2, 0) is 10.0 Å². The molecule has 8 heteroatoms. The highest BCUT2D eigenvalue weighted by atomic mass is 35.5. The molecule has 0 aromatic heterocycles. The van der Waals surface area contributed by atoms with Gasteiger partial charge in [0.15, 0.2) is 4.90 Å². The van der Waals surface area contributed by atoms with Gasteiger partial charge in [0.05, 0.1) is 15.6 Å². The monoisotopic (exact) mass is 340 g/mol. The topological polar surface area (TPSA) is 89.3 Å². The zero-order chi connectivity index (χ0) is 16.5. The summed E-state index contributed by atoms with van der Waals surface area (Å²) in [6.07, 6.45) is 0. The normalized spacial score (nSPS) is 11.2. The molecule has 2 aromatic carbocycles. The summed E-state index contributed by atoms with van der Waals surface area (Å²) < 4.78 is 27.2. The maximum Gasteiger partial charge on any atom is 0.289 e. The standard InChI is InChI=1S/C14H13ClN2O4S/c1-9-7-10(2)14(11(15)8-9)16-22(20,21)13-6-4-3-5-12(13)17(18)19/h3-8,16H,1-2H3. The van der Waals surface area contributed by atoms with E-state index in [4.69, 9.17) is 11.6 Å². The van der Waals surface area contributed by atoms with E-state index < -0.39 is 25.5 Å². The molecule has 6 nitrogen and oxygen atoms in total. The second-order valence-corrected chi connectivity index (χ2v) is 6.83. The Morgan fingerprint density at radius 1 is 1.18 bits per heavy atom. The first-order valence-corrected chi connectivity index (χ1v) is 8.11. The van der Waals surface area contributed by atoms with Gasteiger partial charge in [-0.3, -0.25) is 14.8 Å². The van der Waals surface area contributed by atoms with Crippen LogP contribution in [0.3, 0.4) is 0 Å². The number of hydrogen-bond acceptors (Lipinski definition) is 4. The third-order valence-electron chi connectivity index (χ3n) is 3.02. The molecule has 2 aromatic rings. The maximum absolute atomic E-state index is 12.4. The van der Waals surface area contributed by atoms with E-state index in [0.29, 0.717) is 5.56 Å². The molecule has 0 unspecified atom stereocenters. The third-order valence-corrected chi connectivity index (χ3v) is 4.71. The Labute approximate surface area is 132 Å². The number of rotatable bonds is 4. The molecular formula is C14H13ClN2O4S.